The second-order valence-corrected chi connectivity index (χ2v) is 9.24. The van der Waals surface area contributed by atoms with E-state index in [2.05, 4.69) is 15.2 Å². The minimum atomic E-state index is -0.992. The standard InChI is InChI=1S/C27H27ClF2N4O4/c1-33-11-13-34(14-12-33)27(36)23(17-37-16-18-4-6-19(29)7-5-18)32-25(35)21-3-2-10-31-26(21)38-24-9-8-20(30)15-22(24)28/h2-10,15,23H,11-14,16-17H2,1H3,(H,32,35)/t23-/m1/s1. The van der Waals surface area contributed by atoms with Gasteiger partial charge in [-0.05, 0) is 55.1 Å². The normalized spacial score (nSPS) is 14.7. The van der Waals surface area contributed by atoms with Crippen LogP contribution in [0.4, 0.5) is 8.78 Å². The van der Waals surface area contributed by atoms with E-state index >= 15 is 0 Å². The van der Waals surface area contributed by atoms with Crippen LogP contribution < -0.4 is 10.1 Å². The van der Waals surface area contributed by atoms with Crippen molar-refractivity contribution in [2.24, 2.45) is 0 Å². The van der Waals surface area contributed by atoms with Gasteiger partial charge in [-0.15, -0.1) is 0 Å². The molecule has 0 spiro atoms. The molecule has 0 radical (unpaired) electrons. The highest BCUT2D eigenvalue weighted by Gasteiger charge is 2.29. The molecule has 2 heterocycles. The molecule has 1 aliphatic rings. The second kappa shape index (κ2) is 12.8. The molecule has 0 aliphatic carbocycles. The molecule has 0 saturated carbocycles. The Hall–Kier alpha value is -3.60. The Morgan fingerprint density at radius 3 is 2.47 bits per heavy atom. The van der Waals surface area contributed by atoms with Crippen molar-refractivity contribution >= 4 is 23.4 Å². The van der Waals surface area contributed by atoms with Gasteiger partial charge < -0.3 is 24.6 Å². The summed E-state index contributed by atoms with van der Waals surface area (Å²) in [4.78, 5) is 34.6. The highest BCUT2D eigenvalue weighted by atomic mass is 35.5. The predicted molar refractivity (Wildman–Crippen MR) is 137 cm³/mol. The number of rotatable bonds is 9. The maximum Gasteiger partial charge on any atom is 0.257 e. The number of hydrogen-bond acceptors (Lipinski definition) is 6. The first kappa shape index (κ1) is 27.4. The molecule has 2 amide bonds. The molecule has 1 atom stereocenters. The Morgan fingerprint density at radius 1 is 1.05 bits per heavy atom. The van der Waals surface area contributed by atoms with E-state index in [1.165, 1.54) is 36.5 Å². The summed E-state index contributed by atoms with van der Waals surface area (Å²) in [5, 5.41) is 2.76. The van der Waals surface area contributed by atoms with Gasteiger partial charge in [0.2, 0.25) is 11.8 Å². The lowest BCUT2D eigenvalue weighted by Gasteiger charge is -2.34. The number of halogens is 3. The SMILES string of the molecule is CN1CCN(C(=O)[C@@H](COCc2ccc(F)cc2)NC(=O)c2cccnc2Oc2ccc(F)cc2Cl)CC1. The first-order valence-electron chi connectivity index (χ1n) is 12.0. The molecule has 200 valence electrons. The van der Waals surface area contributed by atoms with Crippen LogP contribution in [-0.2, 0) is 16.1 Å². The second-order valence-electron chi connectivity index (χ2n) is 8.83. The number of carbonyl (C=O) groups excluding carboxylic acids is 2. The average Bonchev–Trinajstić information content (AvgIpc) is 2.91. The molecule has 38 heavy (non-hydrogen) atoms. The number of amides is 2. The van der Waals surface area contributed by atoms with Gasteiger partial charge in [-0.25, -0.2) is 13.8 Å². The number of hydrogen-bond donors (Lipinski definition) is 1. The van der Waals surface area contributed by atoms with E-state index in [4.69, 9.17) is 21.1 Å². The Bertz CT molecular complexity index is 1270. The van der Waals surface area contributed by atoms with Gasteiger partial charge >= 0.3 is 0 Å². The van der Waals surface area contributed by atoms with Crippen molar-refractivity contribution in [3.8, 4) is 11.6 Å². The van der Waals surface area contributed by atoms with Gasteiger partial charge in [0.05, 0.1) is 18.2 Å². The fraction of sp³-hybridized carbons (Fsp3) is 0.296. The summed E-state index contributed by atoms with van der Waals surface area (Å²) in [5.41, 5.74) is 0.783. The quantitative estimate of drug-likeness (QED) is 0.440. The van der Waals surface area contributed by atoms with Gasteiger partial charge in [0.1, 0.15) is 29.0 Å². The number of pyridine rings is 1. The smallest absolute Gasteiger partial charge is 0.257 e. The molecular weight excluding hydrogens is 518 g/mol. The third kappa shape index (κ3) is 7.25. The molecule has 1 aliphatic heterocycles. The van der Waals surface area contributed by atoms with Crippen LogP contribution in [0.25, 0.3) is 0 Å². The highest BCUT2D eigenvalue weighted by molar-refractivity contribution is 6.32. The first-order valence-corrected chi connectivity index (χ1v) is 12.4. The van der Waals surface area contributed by atoms with Crippen LogP contribution in [0, 0.1) is 11.6 Å². The lowest BCUT2D eigenvalue weighted by atomic mass is 10.2. The number of ether oxygens (including phenoxy) is 2. The molecule has 4 rings (SSSR count). The zero-order valence-corrected chi connectivity index (χ0v) is 21.5. The number of likely N-dealkylation sites (N-methyl/N-ethyl adjacent to an activating group) is 1. The molecule has 0 bridgehead atoms. The highest BCUT2D eigenvalue weighted by Crippen LogP contribution is 2.30. The van der Waals surface area contributed by atoms with Crippen LogP contribution in [-0.4, -0.2) is 72.5 Å². The summed E-state index contributed by atoms with van der Waals surface area (Å²) in [6.45, 7) is 2.49. The Labute approximate surface area is 224 Å². The number of benzene rings is 2. The monoisotopic (exact) mass is 544 g/mol. The minimum Gasteiger partial charge on any atom is -0.437 e. The minimum absolute atomic E-state index is 0.0133. The van der Waals surface area contributed by atoms with E-state index in [1.54, 1.807) is 23.1 Å². The predicted octanol–water partition coefficient (Wildman–Crippen LogP) is 3.89. The number of aromatic nitrogens is 1. The van der Waals surface area contributed by atoms with Gasteiger partial charge in [0.15, 0.2) is 0 Å². The average molecular weight is 545 g/mol. The van der Waals surface area contributed by atoms with Crippen LogP contribution in [0.3, 0.4) is 0 Å². The van der Waals surface area contributed by atoms with Crippen molar-refractivity contribution in [3.63, 3.8) is 0 Å². The van der Waals surface area contributed by atoms with Crippen molar-refractivity contribution in [2.75, 3.05) is 39.8 Å². The summed E-state index contributed by atoms with van der Waals surface area (Å²) < 4.78 is 38.1. The van der Waals surface area contributed by atoms with E-state index in [1.807, 2.05) is 7.05 Å². The fourth-order valence-electron chi connectivity index (χ4n) is 3.84. The van der Waals surface area contributed by atoms with E-state index in [0.717, 1.165) is 11.6 Å². The summed E-state index contributed by atoms with van der Waals surface area (Å²) >= 11 is 6.07. The topological polar surface area (TPSA) is 84.0 Å². The molecule has 0 unspecified atom stereocenters. The number of nitrogens with one attached hydrogen (secondary N) is 1. The van der Waals surface area contributed by atoms with E-state index in [-0.39, 0.29) is 47.2 Å². The van der Waals surface area contributed by atoms with Crippen LogP contribution >= 0.6 is 11.6 Å². The Balaban J connectivity index is 1.49. The van der Waals surface area contributed by atoms with Crippen molar-refractivity contribution in [1.29, 1.82) is 0 Å². The first-order chi connectivity index (χ1) is 18.3. The molecule has 1 saturated heterocycles. The lowest BCUT2D eigenvalue weighted by molar-refractivity contribution is -0.136. The van der Waals surface area contributed by atoms with Gasteiger partial charge in [-0.2, -0.15) is 0 Å². The van der Waals surface area contributed by atoms with Gasteiger partial charge in [-0.3, -0.25) is 9.59 Å². The van der Waals surface area contributed by atoms with Gasteiger partial charge in [0.25, 0.3) is 5.91 Å². The van der Waals surface area contributed by atoms with Crippen LogP contribution in [0.5, 0.6) is 11.6 Å². The molecule has 3 aromatic rings. The summed E-state index contributed by atoms with van der Waals surface area (Å²) in [5.74, 6) is -1.72. The van der Waals surface area contributed by atoms with E-state index in [9.17, 15) is 18.4 Å². The van der Waals surface area contributed by atoms with Crippen LogP contribution in [0.1, 0.15) is 15.9 Å². The number of nitrogens with zero attached hydrogens (tertiary/aromatic N) is 3. The zero-order valence-electron chi connectivity index (χ0n) is 20.7. The molecule has 1 aromatic heterocycles. The third-order valence-electron chi connectivity index (χ3n) is 6.00. The zero-order chi connectivity index (χ0) is 27.1. The van der Waals surface area contributed by atoms with Crippen molar-refractivity contribution in [3.05, 3.63) is 88.6 Å². The van der Waals surface area contributed by atoms with Gasteiger partial charge in [0, 0.05) is 32.4 Å². The lowest BCUT2D eigenvalue weighted by Crippen LogP contribution is -2.55. The molecule has 1 N–H and O–H groups in total. The Morgan fingerprint density at radius 2 is 1.76 bits per heavy atom. The van der Waals surface area contributed by atoms with Crippen molar-refractivity contribution in [2.45, 2.75) is 12.6 Å². The van der Waals surface area contributed by atoms with Crippen LogP contribution in [0.2, 0.25) is 5.02 Å². The van der Waals surface area contributed by atoms with Crippen LogP contribution in [0.15, 0.2) is 60.8 Å². The largest absolute Gasteiger partial charge is 0.437 e. The summed E-state index contributed by atoms with van der Waals surface area (Å²) in [6, 6.07) is 11.5. The van der Waals surface area contributed by atoms with E-state index in [0.29, 0.717) is 26.2 Å². The molecule has 8 nitrogen and oxygen atoms in total. The van der Waals surface area contributed by atoms with E-state index < -0.39 is 17.8 Å². The van der Waals surface area contributed by atoms with Crippen molar-refractivity contribution in [1.82, 2.24) is 20.1 Å². The molecule has 11 heteroatoms. The summed E-state index contributed by atoms with van der Waals surface area (Å²) in [7, 11) is 1.98. The Kier molecular flexibility index (Phi) is 9.22. The fourth-order valence-corrected chi connectivity index (χ4v) is 4.05. The number of carbonyl (C=O) groups is 2. The molecular formula is C27H27ClF2N4O4. The molecule has 2 aromatic carbocycles. The van der Waals surface area contributed by atoms with Gasteiger partial charge in [-0.1, -0.05) is 23.7 Å². The van der Waals surface area contributed by atoms with Crippen molar-refractivity contribution < 1.29 is 27.8 Å². The molecule has 1 fully saturated rings. The summed E-state index contributed by atoms with van der Waals surface area (Å²) in [6.07, 6.45) is 1.43. The maximum absolute atomic E-state index is 13.4. The maximum atomic E-state index is 13.4. The third-order valence-corrected chi connectivity index (χ3v) is 6.30. The number of piperazine rings is 1.